The molecule has 1 aromatic carbocycles. The molecule has 3 aromatic rings. The first-order chi connectivity index (χ1) is 12.0. The Balaban J connectivity index is 1.80. The van der Waals surface area contributed by atoms with E-state index in [1.54, 1.807) is 18.2 Å². The fraction of sp³-hybridized carbons (Fsp3) is 0.250. The molecule has 6 nitrogen and oxygen atoms in total. The topological polar surface area (TPSA) is 67.6 Å². The van der Waals surface area contributed by atoms with E-state index >= 15 is 0 Å². The van der Waals surface area contributed by atoms with Crippen LogP contribution in [0.5, 0.6) is 0 Å². The molecule has 4 rings (SSSR count). The van der Waals surface area contributed by atoms with Gasteiger partial charge in [-0.05, 0) is 59.1 Å². The van der Waals surface area contributed by atoms with Gasteiger partial charge in [0.05, 0.1) is 10.9 Å². The second-order valence-electron chi connectivity index (χ2n) is 5.84. The maximum Gasteiger partial charge on any atom is 0.244 e. The molecular formula is C16H14Br2N4O2S. The molecule has 0 spiro atoms. The summed E-state index contributed by atoms with van der Waals surface area (Å²) in [4.78, 5) is 0.252. The van der Waals surface area contributed by atoms with Crippen LogP contribution >= 0.6 is 31.9 Å². The van der Waals surface area contributed by atoms with Gasteiger partial charge in [-0.25, -0.2) is 8.42 Å². The summed E-state index contributed by atoms with van der Waals surface area (Å²) in [6, 6.07) is 10.5. The number of fused-ring (bicyclic) bond motifs is 1. The summed E-state index contributed by atoms with van der Waals surface area (Å²) in [5.41, 5.74) is 0.713. The zero-order valence-corrected chi connectivity index (χ0v) is 17.0. The third kappa shape index (κ3) is 2.92. The number of pyridine rings is 1. The lowest BCUT2D eigenvalue weighted by Crippen LogP contribution is -2.32. The Hall–Kier alpha value is -1.29. The fourth-order valence-corrected chi connectivity index (χ4v) is 6.29. The fourth-order valence-electron chi connectivity index (χ4n) is 3.17. The maximum absolute atomic E-state index is 13.3. The number of aromatic nitrogens is 3. The van der Waals surface area contributed by atoms with E-state index in [0.717, 1.165) is 17.3 Å². The van der Waals surface area contributed by atoms with Gasteiger partial charge in [-0.3, -0.25) is 4.40 Å². The molecule has 1 aliphatic heterocycles. The first-order valence-electron chi connectivity index (χ1n) is 7.75. The minimum absolute atomic E-state index is 0.252. The number of nitrogens with zero attached hydrogens (tertiary/aromatic N) is 4. The van der Waals surface area contributed by atoms with Gasteiger partial charge in [-0.15, -0.1) is 10.2 Å². The number of sulfonamides is 1. The van der Waals surface area contributed by atoms with Crippen molar-refractivity contribution in [3.05, 3.63) is 57.4 Å². The summed E-state index contributed by atoms with van der Waals surface area (Å²) in [5, 5.41) is 8.42. The molecule has 0 bridgehead atoms. The summed E-state index contributed by atoms with van der Waals surface area (Å²) in [6.45, 7) is 0.466. The molecule has 1 aliphatic rings. The van der Waals surface area contributed by atoms with Crippen molar-refractivity contribution in [3.63, 3.8) is 0 Å². The summed E-state index contributed by atoms with van der Waals surface area (Å²) in [6.07, 6.45) is 3.38. The Morgan fingerprint density at radius 3 is 2.80 bits per heavy atom. The average Bonchev–Trinajstić information content (AvgIpc) is 3.23. The first kappa shape index (κ1) is 17.1. The summed E-state index contributed by atoms with van der Waals surface area (Å²) in [5.74, 6) is 0.655. The highest BCUT2D eigenvalue weighted by atomic mass is 79.9. The average molecular weight is 486 g/mol. The van der Waals surface area contributed by atoms with Gasteiger partial charge < -0.3 is 0 Å². The predicted molar refractivity (Wildman–Crippen MR) is 101 cm³/mol. The quantitative estimate of drug-likeness (QED) is 0.566. The molecule has 0 radical (unpaired) electrons. The molecule has 0 aliphatic carbocycles. The van der Waals surface area contributed by atoms with Crippen LogP contribution in [0.2, 0.25) is 0 Å². The highest BCUT2D eigenvalue weighted by Gasteiger charge is 2.39. The van der Waals surface area contributed by atoms with Crippen LogP contribution in [-0.4, -0.2) is 33.9 Å². The predicted octanol–water partition coefficient (Wildman–Crippen LogP) is 3.78. The van der Waals surface area contributed by atoms with Crippen LogP contribution in [0.4, 0.5) is 0 Å². The molecule has 1 fully saturated rings. The standard InChI is InChI=1S/C16H14Br2N4O2S/c17-11-6-7-12(18)14(10-11)25(23,24)22-9-3-4-13(22)16-20-19-15-5-1-2-8-21(15)16/h1-2,5-8,10,13H,3-4,9H2. The molecule has 0 saturated carbocycles. The van der Waals surface area contributed by atoms with Gasteiger partial charge in [0.1, 0.15) is 0 Å². The van der Waals surface area contributed by atoms with Crippen LogP contribution in [-0.2, 0) is 10.0 Å². The lowest BCUT2D eigenvalue weighted by Gasteiger charge is -2.23. The lowest BCUT2D eigenvalue weighted by molar-refractivity contribution is 0.381. The van der Waals surface area contributed by atoms with Gasteiger partial charge in [-0.2, -0.15) is 4.31 Å². The van der Waals surface area contributed by atoms with Crippen molar-refractivity contribution in [2.24, 2.45) is 0 Å². The first-order valence-corrected chi connectivity index (χ1v) is 10.8. The normalized spacial score (nSPS) is 18.9. The van der Waals surface area contributed by atoms with Crippen molar-refractivity contribution in [2.75, 3.05) is 6.54 Å². The van der Waals surface area contributed by atoms with Gasteiger partial charge >= 0.3 is 0 Å². The molecule has 9 heteroatoms. The minimum atomic E-state index is -3.66. The third-order valence-electron chi connectivity index (χ3n) is 4.32. The SMILES string of the molecule is O=S(=O)(c1cc(Br)ccc1Br)N1CCCC1c1nnc2ccccn12. The number of benzene rings is 1. The van der Waals surface area contributed by atoms with Gasteiger partial charge in [0.25, 0.3) is 0 Å². The van der Waals surface area contributed by atoms with Crippen molar-refractivity contribution in [3.8, 4) is 0 Å². The molecule has 0 amide bonds. The van der Waals surface area contributed by atoms with Crippen LogP contribution in [0, 0.1) is 0 Å². The summed E-state index contributed by atoms with van der Waals surface area (Å²) >= 11 is 6.72. The van der Waals surface area contributed by atoms with Gasteiger partial charge in [0.2, 0.25) is 10.0 Å². The molecule has 130 valence electrons. The van der Waals surface area contributed by atoms with Crippen molar-refractivity contribution in [2.45, 2.75) is 23.8 Å². The van der Waals surface area contributed by atoms with E-state index in [4.69, 9.17) is 0 Å². The van der Waals surface area contributed by atoms with Crippen molar-refractivity contribution >= 4 is 47.5 Å². The van der Waals surface area contributed by atoms with Crippen molar-refractivity contribution < 1.29 is 8.42 Å². The van der Waals surface area contributed by atoms with Crippen LogP contribution < -0.4 is 0 Å². The number of hydrogen-bond donors (Lipinski definition) is 0. The molecule has 1 atom stereocenters. The highest BCUT2D eigenvalue weighted by Crippen LogP contribution is 2.38. The molecule has 1 saturated heterocycles. The van der Waals surface area contributed by atoms with E-state index in [-0.39, 0.29) is 10.9 Å². The van der Waals surface area contributed by atoms with Crippen LogP contribution in [0.15, 0.2) is 56.4 Å². The maximum atomic E-state index is 13.3. The Kier molecular flexibility index (Phi) is 4.43. The highest BCUT2D eigenvalue weighted by molar-refractivity contribution is 9.11. The van der Waals surface area contributed by atoms with Crippen molar-refractivity contribution in [1.82, 2.24) is 18.9 Å². The Labute approximate surface area is 162 Å². The minimum Gasteiger partial charge on any atom is -0.285 e. The third-order valence-corrected chi connectivity index (χ3v) is 7.72. The van der Waals surface area contributed by atoms with E-state index in [1.165, 1.54) is 4.31 Å². The van der Waals surface area contributed by atoms with Gasteiger partial charge in [0, 0.05) is 21.7 Å². The molecule has 25 heavy (non-hydrogen) atoms. The zero-order chi connectivity index (χ0) is 17.6. The molecular weight excluding hydrogens is 472 g/mol. The largest absolute Gasteiger partial charge is 0.285 e. The molecule has 2 aromatic heterocycles. The second kappa shape index (κ2) is 6.46. The van der Waals surface area contributed by atoms with E-state index < -0.39 is 10.0 Å². The summed E-state index contributed by atoms with van der Waals surface area (Å²) < 4.78 is 31.2. The van der Waals surface area contributed by atoms with E-state index in [0.29, 0.717) is 22.5 Å². The van der Waals surface area contributed by atoms with Gasteiger partial charge in [0.15, 0.2) is 11.5 Å². The Morgan fingerprint density at radius 1 is 1.12 bits per heavy atom. The molecule has 0 N–H and O–H groups in total. The number of halogens is 2. The monoisotopic (exact) mass is 484 g/mol. The van der Waals surface area contributed by atoms with Gasteiger partial charge in [-0.1, -0.05) is 22.0 Å². The van der Waals surface area contributed by atoms with Crippen LogP contribution in [0.3, 0.4) is 0 Å². The lowest BCUT2D eigenvalue weighted by atomic mass is 10.2. The van der Waals surface area contributed by atoms with E-state index in [2.05, 4.69) is 42.1 Å². The van der Waals surface area contributed by atoms with E-state index in [9.17, 15) is 8.42 Å². The van der Waals surface area contributed by atoms with E-state index in [1.807, 2.05) is 28.8 Å². The second-order valence-corrected chi connectivity index (χ2v) is 9.46. The molecule has 1 unspecified atom stereocenters. The smallest absolute Gasteiger partial charge is 0.244 e. The zero-order valence-electron chi connectivity index (χ0n) is 13.0. The van der Waals surface area contributed by atoms with Crippen molar-refractivity contribution in [1.29, 1.82) is 0 Å². The van der Waals surface area contributed by atoms with Crippen LogP contribution in [0.1, 0.15) is 24.7 Å². The number of rotatable bonds is 3. The van der Waals surface area contributed by atoms with Crippen LogP contribution in [0.25, 0.3) is 5.65 Å². The Morgan fingerprint density at radius 2 is 1.96 bits per heavy atom. The molecule has 3 heterocycles. The summed E-state index contributed by atoms with van der Waals surface area (Å²) in [7, 11) is -3.66. The number of hydrogen-bond acceptors (Lipinski definition) is 4. The Bertz CT molecular complexity index is 1050.